The minimum absolute atomic E-state index is 0.121. The average molecular weight is 582 g/mol. The first-order valence-corrected chi connectivity index (χ1v) is 13.2. The first-order chi connectivity index (χ1) is 16.4. The number of rotatable bonds is 4. The Labute approximate surface area is 215 Å². The predicted molar refractivity (Wildman–Crippen MR) is 145 cm³/mol. The molecule has 0 radical (unpaired) electrons. The summed E-state index contributed by atoms with van der Waals surface area (Å²) in [5, 5.41) is 5.31. The van der Waals surface area contributed by atoms with E-state index in [0.29, 0.717) is 5.39 Å². The van der Waals surface area contributed by atoms with Crippen molar-refractivity contribution in [2.45, 2.75) is 51.9 Å². The van der Waals surface area contributed by atoms with Gasteiger partial charge in [0, 0.05) is 37.5 Å². The Morgan fingerprint density at radius 1 is 1.00 bits per heavy atom. The van der Waals surface area contributed by atoms with Crippen LogP contribution in [0.3, 0.4) is 0 Å². The number of benzene rings is 2. The molecule has 0 aliphatic heterocycles. The summed E-state index contributed by atoms with van der Waals surface area (Å²) < 4.78 is 5.63. The lowest BCUT2D eigenvalue weighted by atomic mass is 9.88. The Bertz CT molecular complexity index is 1460. The third-order valence-electron chi connectivity index (χ3n) is 6.65. The fourth-order valence-electron chi connectivity index (χ4n) is 4.95. The molecule has 5 nitrogen and oxygen atoms in total. The second kappa shape index (κ2) is 9.62. The van der Waals surface area contributed by atoms with Crippen LogP contribution in [0, 0.1) is 13.8 Å². The lowest BCUT2D eigenvalue weighted by molar-refractivity contribution is 0.416. The van der Waals surface area contributed by atoms with Gasteiger partial charge in [0.15, 0.2) is 0 Å². The second-order valence-corrected chi connectivity index (χ2v) is 10.8. The van der Waals surface area contributed by atoms with Crippen molar-refractivity contribution in [3.05, 3.63) is 90.6 Å². The summed E-state index contributed by atoms with van der Waals surface area (Å²) in [4.78, 5) is 18.5. The van der Waals surface area contributed by atoms with E-state index in [1.165, 1.54) is 11.1 Å². The van der Waals surface area contributed by atoms with Gasteiger partial charge in [-0.25, -0.2) is 4.98 Å². The number of aryl methyl sites for hydroxylation is 1. The van der Waals surface area contributed by atoms with Crippen molar-refractivity contribution in [3.63, 3.8) is 0 Å². The summed E-state index contributed by atoms with van der Waals surface area (Å²) in [6.07, 6.45) is 7.46. The standard InChI is InChI=1S/C27H26Br2N4O/c1-17-13-20(18(2)32(17)23-10-6-9-21(28)14-23)16-30-33-26(19-7-4-3-5-8-19)31-25-12-11-22(29)15-24(25)27(33)34/h6,9-16,19H,3-5,7-8H2,1-2H3. The van der Waals surface area contributed by atoms with Crippen LogP contribution in [0.1, 0.15) is 60.8 Å². The van der Waals surface area contributed by atoms with Gasteiger partial charge in [-0.1, -0.05) is 57.2 Å². The van der Waals surface area contributed by atoms with Gasteiger partial charge in [-0.15, -0.1) is 0 Å². The molecule has 0 saturated heterocycles. The average Bonchev–Trinajstić information content (AvgIpc) is 3.12. The summed E-state index contributed by atoms with van der Waals surface area (Å²) in [6.45, 7) is 4.16. The van der Waals surface area contributed by atoms with E-state index in [0.717, 1.165) is 68.6 Å². The van der Waals surface area contributed by atoms with E-state index in [4.69, 9.17) is 10.1 Å². The topological polar surface area (TPSA) is 52.2 Å². The van der Waals surface area contributed by atoms with Crippen LogP contribution in [0.25, 0.3) is 16.6 Å². The molecule has 0 atom stereocenters. The smallest absolute Gasteiger partial charge is 0.282 e. The highest BCUT2D eigenvalue weighted by atomic mass is 79.9. The van der Waals surface area contributed by atoms with Crippen molar-refractivity contribution >= 4 is 49.0 Å². The lowest BCUT2D eigenvalue weighted by Crippen LogP contribution is -2.25. The summed E-state index contributed by atoms with van der Waals surface area (Å²) in [5.74, 6) is 1.03. The van der Waals surface area contributed by atoms with E-state index >= 15 is 0 Å². The zero-order chi connectivity index (χ0) is 23.8. The number of fused-ring (bicyclic) bond motifs is 1. The van der Waals surface area contributed by atoms with Crippen molar-refractivity contribution in [2.24, 2.45) is 5.10 Å². The molecule has 0 bridgehead atoms. The van der Waals surface area contributed by atoms with Gasteiger partial charge in [0.1, 0.15) is 5.82 Å². The Hall–Kier alpha value is -2.51. The van der Waals surface area contributed by atoms with Crippen LogP contribution in [0.2, 0.25) is 0 Å². The van der Waals surface area contributed by atoms with Crippen molar-refractivity contribution < 1.29 is 0 Å². The highest BCUT2D eigenvalue weighted by molar-refractivity contribution is 9.10. The molecule has 2 aromatic heterocycles. The molecular formula is C27H26Br2N4O. The molecule has 34 heavy (non-hydrogen) atoms. The van der Waals surface area contributed by atoms with Crippen LogP contribution < -0.4 is 5.56 Å². The summed E-state index contributed by atoms with van der Waals surface area (Å²) in [5.41, 5.74) is 4.85. The third kappa shape index (κ3) is 4.43. The predicted octanol–water partition coefficient (Wildman–Crippen LogP) is 7.26. The minimum atomic E-state index is -0.121. The molecule has 2 aromatic carbocycles. The van der Waals surface area contributed by atoms with Crippen LogP contribution in [0.15, 0.2) is 67.4 Å². The molecule has 5 rings (SSSR count). The van der Waals surface area contributed by atoms with Crippen LogP contribution in [-0.2, 0) is 0 Å². The van der Waals surface area contributed by atoms with Crippen LogP contribution in [0.4, 0.5) is 0 Å². The molecular weight excluding hydrogens is 556 g/mol. The first kappa shape index (κ1) is 23.2. The Morgan fingerprint density at radius 3 is 2.53 bits per heavy atom. The summed E-state index contributed by atoms with van der Waals surface area (Å²) in [6, 6.07) is 16.0. The van der Waals surface area contributed by atoms with E-state index in [-0.39, 0.29) is 11.5 Å². The lowest BCUT2D eigenvalue weighted by Gasteiger charge is -2.22. The SMILES string of the molecule is Cc1cc(C=Nn2c(C3CCCCC3)nc3ccc(Br)cc3c2=O)c(C)n1-c1cccc(Br)c1. The maximum absolute atomic E-state index is 13.6. The quantitative estimate of drug-likeness (QED) is 0.238. The molecule has 1 aliphatic carbocycles. The Balaban J connectivity index is 1.62. The maximum atomic E-state index is 13.6. The number of aromatic nitrogens is 3. The largest absolute Gasteiger partial charge is 0.318 e. The molecule has 0 unspecified atom stereocenters. The molecule has 0 spiro atoms. The highest BCUT2D eigenvalue weighted by Crippen LogP contribution is 2.32. The van der Waals surface area contributed by atoms with Gasteiger partial charge < -0.3 is 4.57 Å². The Kier molecular flexibility index (Phi) is 6.58. The van der Waals surface area contributed by atoms with E-state index in [1.807, 2.05) is 30.3 Å². The monoisotopic (exact) mass is 580 g/mol. The molecule has 0 amide bonds. The molecule has 0 N–H and O–H groups in total. The third-order valence-corrected chi connectivity index (χ3v) is 7.64. The van der Waals surface area contributed by atoms with Gasteiger partial charge in [0.2, 0.25) is 0 Å². The van der Waals surface area contributed by atoms with Crippen molar-refractivity contribution in [1.29, 1.82) is 0 Å². The number of halogens is 2. The van der Waals surface area contributed by atoms with Gasteiger partial charge in [-0.05, 0) is 69.2 Å². The summed E-state index contributed by atoms with van der Waals surface area (Å²) in [7, 11) is 0. The molecule has 4 aromatic rings. The molecule has 174 valence electrons. The number of hydrogen-bond acceptors (Lipinski definition) is 3. The number of hydrogen-bond donors (Lipinski definition) is 0. The second-order valence-electron chi connectivity index (χ2n) is 8.97. The van der Waals surface area contributed by atoms with E-state index < -0.39 is 0 Å². The zero-order valence-electron chi connectivity index (χ0n) is 19.3. The van der Waals surface area contributed by atoms with Gasteiger partial charge >= 0.3 is 0 Å². The normalized spacial score (nSPS) is 14.9. The first-order valence-electron chi connectivity index (χ1n) is 11.6. The van der Waals surface area contributed by atoms with E-state index in [9.17, 15) is 4.79 Å². The molecule has 1 aliphatic rings. The number of nitrogens with zero attached hydrogens (tertiary/aromatic N) is 4. The maximum Gasteiger partial charge on any atom is 0.282 e. The Morgan fingerprint density at radius 2 is 1.76 bits per heavy atom. The minimum Gasteiger partial charge on any atom is -0.318 e. The molecule has 1 fully saturated rings. The van der Waals surface area contributed by atoms with Crippen molar-refractivity contribution in [3.8, 4) is 5.69 Å². The molecule has 2 heterocycles. The fourth-order valence-corrected chi connectivity index (χ4v) is 5.70. The van der Waals surface area contributed by atoms with E-state index in [1.54, 1.807) is 6.21 Å². The zero-order valence-corrected chi connectivity index (χ0v) is 22.4. The van der Waals surface area contributed by atoms with Crippen LogP contribution in [-0.4, -0.2) is 20.4 Å². The molecule has 7 heteroatoms. The van der Waals surface area contributed by atoms with Gasteiger partial charge in [0.05, 0.1) is 17.1 Å². The van der Waals surface area contributed by atoms with Gasteiger partial charge in [0.25, 0.3) is 5.56 Å². The van der Waals surface area contributed by atoms with Crippen molar-refractivity contribution in [2.75, 3.05) is 0 Å². The van der Waals surface area contributed by atoms with E-state index in [2.05, 4.69) is 68.5 Å². The highest BCUT2D eigenvalue weighted by Gasteiger charge is 2.22. The van der Waals surface area contributed by atoms with Gasteiger partial charge in [-0.2, -0.15) is 9.78 Å². The van der Waals surface area contributed by atoms with Crippen LogP contribution >= 0.6 is 31.9 Å². The van der Waals surface area contributed by atoms with Crippen molar-refractivity contribution in [1.82, 2.24) is 14.2 Å². The van der Waals surface area contributed by atoms with Gasteiger partial charge in [-0.3, -0.25) is 4.79 Å². The summed E-state index contributed by atoms with van der Waals surface area (Å²) >= 11 is 7.06. The van der Waals surface area contributed by atoms with Crippen LogP contribution in [0.5, 0.6) is 0 Å². The molecule has 1 saturated carbocycles. The fraction of sp³-hybridized carbons (Fsp3) is 0.296.